The van der Waals surface area contributed by atoms with Crippen molar-refractivity contribution >= 4 is 27.4 Å². The molecule has 1 aromatic rings. The van der Waals surface area contributed by atoms with Crippen LogP contribution in [0.2, 0.25) is 5.02 Å². The van der Waals surface area contributed by atoms with Gasteiger partial charge in [-0.1, -0.05) is 29.8 Å². The number of hydrogen-bond acceptors (Lipinski definition) is 7. The molecule has 1 spiro atoms. The molecule has 1 aromatic carbocycles. The second-order valence-corrected chi connectivity index (χ2v) is 9.41. The molecule has 0 aromatic heterocycles. The first-order valence-corrected chi connectivity index (χ1v) is 10.8. The zero-order chi connectivity index (χ0) is 20.5. The molecular formula is C18H21ClO8S. The molecule has 1 aliphatic carbocycles. The molecular weight excluding hydrogens is 412 g/mol. The van der Waals surface area contributed by atoms with Crippen molar-refractivity contribution in [2.75, 3.05) is 13.2 Å². The van der Waals surface area contributed by atoms with Gasteiger partial charge in [0.2, 0.25) is 0 Å². The van der Waals surface area contributed by atoms with E-state index in [1.807, 2.05) is 0 Å². The molecule has 0 amide bonds. The Kier molecular flexibility index (Phi) is 6.14. The smallest absolute Gasteiger partial charge is 0.332 e. The van der Waals surface area contributed by atoms with Crippen LogP contribution in [0.3, 0.4) is 0 Å². The van der Waals surface area contributed by atoms with Crippen LogP contribution in [0, 0.1) is 0 Å². The van der Waals surface area contributed by atoms with Gasteiger partial charge in [-0.15, -0.1) is 0 Å². The quantitative estimate of drug-likeness (QED) is 0.604. The van der Waals surface area contributed by atoms with E-state index in [9.17, 15) is 28.5 Å². The molecule has 1 fully saturated rings. The minimum Gasteiger partial charge on any atom is -0.478 e. The van der Waals surface area contributed by atoms with Crippen LogP contribution in [0.15, 0.2) is 35.9 Å². The first-order chi connectivity index (χ1) is 13.2. The Morgan fingerprint density at radius 1 is 1.18 bits per heavy atom. The predicted molar refractivity (Wildman–Crippen MR) is 99.5 cm³/mol. The van der Waals surface area contributed by atoms with Gasteiger partial charge in [-0.25, -0.2) is 13.2 Å². The average molecular weight is 433 g/mol. The molecule has 1 heterocycles. The summed E-state index contributed by atoms with van der Waals surface area (Å²) in [7, 11) is -3.88. The Balaban J connectivity index is 1.91. The highest BCUT2D eigenvalue weighted by atomic mass is 35.5. The van der Waals surface area contributed by atoms with E-state index in [2.05, 4.69) is 0 Å². The number of carbonyl (C=O) groups is 1. The van der Waals surface area contributed by atoms with E-state index in [0.29, 0.717) is 10.6 Å². The molecule has 3 atom stereocenters. The summed E-state index contributed by atoms with van der Waals surface area (Å²) in [5.41, 5.74) is 0.0387. The molecule has 10 heteroatoms. The summed E-state index contributed by atoms with van der Waals surface area (Å²) in [6, 6.07) is 6.48. The number of benzene rings is 1. The number of rotatable bonds is 6. The fourth-order valence-electron chi connectivity index (χ4n) is 3.58. The number of aliphatic hydroxyl groups excluding tert-OH is 2. The van der Waals surface area contributed by atoms with Crippen molar-refractivity contribution in [2.24, 2.45) is 0 Å². The van der Waals surface area contributed by atoms with Crippen LogP contribution < -0.4 is 0 Å². The van der Waals surface area contributed by atoms with Crippen molar-refractivity contribution in [3.63, 3.8) is 0 Å². The molecule has 8 nitrogen and oxygen atoms in total. The van der Waals surface area contributed by atoms with E-state index >= 15 is 0 Å². The fourth-order valence-corrected chi connectivity index (χ4v) is 5.78. The maximum absolute atomic E-state index is 12.9. The second kappa shape index (κ2) is 8.10. The Morgan fingerprint density at radius 2 is 1.79 bits per heavy atom. The molecule has 2 aliphatic rings. The number of aliphatic carboxylic acids is 1. The molecule has 3 N–H and O–H groups in total. The highest BCUT2D eigenvalue weighted by Gasteiger charge is 2.51. The van der Waals surface area contributed by atoms with Crippen LogP contribution in [0.4, 0.5) is 0 Å². The summed E-state index contributed by atoms with van der Waals surface area (Å²) in [6.45, 7) is -0.838. The molecule has 1 saturated heterocycles. The lowest BCUT2D eigenvalue weighted by molar-refractivity contribution is -0.153. The largest absolute Gasteiger partial charge is 0.478 e. The van der Waals surface area contributed by atoms with Crippen molar-refractivity contribution in [1.29, 1.82) is 0 Å². The number of hydrogen-bond donors (Lipinski definition) is 3. The lowest BCUT2D eigenvalue weighted by Gasteiger charge is -2.33. The standard InChI is InChI=1S/C18H21ClO8S/c19-13-4-2-1-3-11(13)10-28(24,25)16-5-6-18(7-12(16)17(22)23)26-14(8-20)15(9-21)27-18/h1-4,7,14-16,20-21H,5-6,8-10H2,(H,22,23)/t14-,15-,16+/m0/s1. The number of carboxylic acid groups (broad SMARTS) is 1. The zero-order valence-electron chi connectivity index (χ0n) is 14.8. The number of sulfone groups is 1. The van der Waals surface area contributed by atoms with Crippen LogP contribution in [0.5, 0.6) is 0 Å². The van der Waals surface area contributed by atoms with Crippen LogP contribution in [0.25, 0.3) is 0 Å². The molecule has 28 heavy (non-hydrogen) atoms. The SMILES string of the molecule is O=C(O)C1=CC2(CC[C@H]1S(=O)(=O)Cc1ccccc1Cl)O[C@@H](CO)[C@H](CO)O2. The summed E-state index contributed by atoms with van der Waals surface area (Å²) in [4.78, 5) is 11.8. The number of carboxylic acids is 1. The Bertz CT molecular complexity index is 869. The van der Waals surface area contributed by atoms with Gasteiger partial charge in [-0.05, 0) is 24.1 Å². The van der Waals surface area contributed by atoms with Gasteiger partial charge in [-0.2, -0.15) is 0 Å². The van der Waals surface area contributed by atoms with Gasteiger partial charge in [0.05, 0.1) is 29.8 Å². The van der Waals surface area contributed by atoms with Gasteiger partial charge in [0.1, 0.15) is 12.2 Å². The fraction of sp³-hybridized carbons (Fsp3) is 0.500. The van der Waals surface area contributed by atoms with Gasteiger partial charge in [0.15, 0.2) is 15.6 Å². The lowest BCUT2D eigenvalue weighted by atomic mass is 9.94. The number of ether oxygens (including phenoxy) is 2. The summed E-state index contributed by atoms with van der Waals surface area (Å²) >= 11 is 6.05. The van der Waals surface area contributed by atoms with Gasteiger partial charge in [-0.3, -0.25) is 0 Å². The van der Waals surface area contributed by atoms with Crippen LogP contribution in [0.1, 0.15) is 18.4 Å². The summed E-state index contributed by atoms with van der Waals surface area (Å²) < 4.78 is 37.2. The molecule has 3 rings (SSSR count). The van der Waals surface area contributed by atoms with Crippen molar-refractivity contribution in [3.05, 3.63) is 46.5 Å². The summed E-state index contributed by atoms with van der Waals surface area (Å²) in [6.07, 6.45) is -0.476. The maximum Gasteiger partial charge on any atom is 0.332 e. The van der Waals surface area contributed by atoms with Crippen LogP contribution in [-0.4, -0.2) is 66.2 Å². The van der Waals surface area contributed by atoms with E-state index in [-0.39, 0.29) is 18.4 Å². The average Bonchev–Trinajstić information content (AvgIpc) is 3.00. The molecule has 0 bridgehead atoms. The van der Waals surface area contributed by atoms with E-state index in [4.69, 9.17) is 21.1 Å². The molecule has 0 radical (unpaired) electrons. The second-order valence-electron chi connectivity index (χ2n) is 6.82. The van der Waals surface area contributed by atoms with E-state index in [0.717, 1.165) is 6.08 Å². The highest BCUT2D eigenvalue weighted by Crippen LogP contribution is 2.41. The van der Waals surface area contributed by atoms with E-state index in [1.54, 1.807) is 24.3 Å². The normalized spacial score (nSPS) is 27.0. The topological polar surface area (TPSA) is 130 Å². The first kappa shape index (κ1) is 21.2. The number of aliphatic hydroxyl groups is 2. The molecule has 154 valence electrons. The van der Waals surface area contributed by atoms with Crippen molar-refractivity contribution in [2.45, 2.75) is 41.8 Å². The first-order valence-electron chi connectivity index (χ1n) is 8.70. The van der Waals surface area contributed by atoms with Crippen molar-refractivity contribution in [3.8, 4) is 0 Å². The minimum absolute atomic E-state index is 0.0405. The molecule has 1 aliphatic heterocycles. The predicted octanol–water partition coefficient (Wildman–Crippen LogP) is 0.893. The minimum atomic E-state index is -3.88. The maximum atomic E-state index is 12.9. The van der Waals surface area contributed by atoms with Gasteiger partial charge in [0.25, 0.3) is 0 Å². The van der Waals surface area contributed by atoms with Crippen molar-refractivity contribution in [1.82, 2.24) is 0 Å². The Labute approximate surface area is 167 Å². The lowest BCUT2D eigenvalue weighted by Crippen LogP contribution is -2.41. The molecule has 0 unspecified atom stereocenters. The zero-order valence-corrected chi connectivity index (χ0v) is 16.4. The van der Waals surface area contributed by atoms with Crippen LogP contribution >= 0.6 is 11.6 Å². The van der Waals surface area contributed by atoms with Gasteiger partial charge < -0.3 is 24.8 Å². The summed E-state index contributed by atoms with van der Waals surface area (Å²) in [5.74, 6) is -3.27. The summed E-state index contributed by atoms with van der Waals surface area (Å²) in [5, 5.41) is 27.4. The van der Waals surface area contributed by atoms with Crippen molar-refractivity contribution < 1.29 is 38.0 Å². The Morgan fingerprint density at radius 3 is 2.32 bits per heavy atom. The van der Waals surface area contributed by atoms with E-state index in [1.165, 1.54) is 0 Å². The monoisotopic (exact) mass is 432 g/mol. The number of halogens is 1. The Hall–Kier alpha value is -1.49. The highest BCUT2D eigenvalue weighted by molar-refractivity contribution is 7.91. The third-order valence-electron chi connectivity index (χ3n) is 4.95. The molecule has 0 saturated carbocycles. The third-order valence-corrected chi connectivity index (χ3v) is 7.39. The van der Waals surface area contributed by atoms with E-state index < -0.39 is 58.0 Å². The third kappa shape index (κ3) is 4.10. The van der Waals surface area contributed by atoms with Gasteiger partial charge >= 0.3 is 5.97 Å². The van der Waals surface area contributed by atoms with Crippen LogP contribution in [-0.2, 0) is 29.9 Å². The van der Waals surface area contributed by atoms with Gasteiger partial charge in [0, 0.05) is 11.4 Å².